The average molecular weight is 455 g/mol. The fraction of sp³-hybridized carbons (Fsp3) is 0.500. The molecule has 2 N–H and O–H groups in total. The standard InChI is InChI=1S/C22H28Cl2N2O4/c1-13-17(21(27)29-3)19(15-9-8-10-16(23)20(15)24)18(14(2)26-13)22(28)30-12-7-5-4-6-11-25/h8-10,17,19H,4-7,11-12,25H2,1-3H3. The van der Waals surface area contributed by atoms with E-state index in [0.29, 0.717) is 34.1 Å². The fourth-order valence-corrected chi connectivity index (χ4v) is 4.10. The van der Waals surface area contributed by atoms with E-state index < -0.39 is 23.8 Å². The van der Waals surface area contributed by atoms with Gasteiger partial charge in [0.15, 0.2) is 0 Å². The number of hydrogen-bond donors (Lipinski definition) is 1. The molecule has 0 saturated heterocycles. The summed E-state index contributed by atoms with van der Waals surface area (Å²) < 4.78 is 10.5. The van der Waals surface area contributed by atoms with Crippen molar-refractivity contribution in [3.8, 4) is 0 Å². The van der Waals surface area contributed by atoms with Gasteiger partial charge >= 0.3 is 11.9 Å². The van der Waals surface area contributed by atoms with Crippen molar-refractivity contribution < 1.29 is 19.1 Å². The number of esters is 2. The van der Waals surface area contributed by atoms with E-state index in [0.717, 1.165) is 25.7 Å². The number of methoxy groups -OCH3 is 1. The minimum Gasteiger partial charge on any atom is -0.468 e. The van der Waals surface area contributed by atoms with E-state index in [4.69, 9.17) is 38.4 Å². The quantitative estimate of drug-likeness (QED) is 0.432. The van der Waals surface area contributed by atoms with Crippen molar-refractivity contribution in [3.05, 3.63) is 45.1 Å². The van der Waals surface area contributed by atoms with Crippen molar-refractivity contribution in [2.24, 2.45) is 16.6 Å². The van der Waals surface area contributed by atoms with Crippen LogP contribution in [0.3, 0.4) is 0 Å². The molecule has 2 unspecified atom stereocenters. The first kappa shape index (κ1) is 24.4. The number of nitrogens with zero attached hydrogens (tertiary/aromatic N) is 1. The zero-order chi connectivity index (χ0) is 22.3. The minimum atomic E-state index is -0.804. The summed E-state index contributed by atoms with van der Waals surface area (Å²) in [6, 6.07) is 5.13. The fourth-order valence-electron chi connectivity index (χ4n) is 3.67. The molecular weight excluding hydrogens is 427 g/mol. The van der Waals surface area contributed by atoms with Gasteiger partial charge in [0.2, 0.25) is 0 Å². The van der Waals surface area contributed by atoms with Crippen molar-refractivity contribution in [2.45, 2.75) is 45.4 Å². The van der Waals surface area contributed by atoms with Crippen LogP contribution >= 0.6 is 23.2 Å². The zero-order valence-electron chi connectivity index (χ0n) is 17.5. The Labute approximate surface area is 187 Å². The highest BCUT2D eigenvalue weighted by molar-refractivity contribution is 6.42. The third-order valence-corrected chi connectivity index (χ3v) is 5.98. The lowest BCUT2D eigenvalue weighted by Gasteiger charge is -2.32. The molecule has 6 nitrogen and oxygen atoms in total. The average Bonchev–Trinajstić information content (AvgIpc) is 2.71. The van der Waals surface area contributed by atoms with E-state index in [1.807, 2.05) is 0 Å². The maximum absolute atomic E-state index is 13.0. The Balaban J connectivity index is 2.38. The summed E-state index contributed by atoms with van der Waals surface area (Å²) in [5.74, 6) is -2.53. The maximum atomic E-state index is 13.0. The van der Waals surface area contributed by atoms with Gasteiger partial charge in [-0.2, -0.15) is 0 Å². The maximum Gasteiger partial charge on any atom is 0.336 e. The summed E-state index contributed by atoms with van der Waals surface area (Å²) in [4.78, 5) is 30.1. The molecule has 1 aromatic rings. The van der Waals surface area contributed by atoms with Gasteiger partial charge in [0.05, 0.1) is 29.3 Å². The SMILES string of the molecule is COC(=O)C1C(C)=NC(C)=C(C(=O)OCCCCCCN)C1c1cccc(Cl)c1Cl. The largest absolute Gasteiger partial charge is 0.468 e. The van der Waals surface area contributed by atoms with Crippen LogP contribution in [-0.2, 0) is 19.1 Å². The Kier molecular flexibility index (Phi) is 9.34. The van der Waals surface area contributed by atoms with Crippen LogP contribution in [0, 0.1) is 5.92 Å². The Hall–Kier alpha value is -1.89. The highest BCUT2D eigenvalue weighted by Crippen LogP contribution is 2.44. The summed E-state index contributed by atoms with van der Waals surface area (Å²) in [6.45, 7) is 4.39. The van der Waals surface area contributed by atoms with Gasteiger partial charge in [-0.25, -0.2) is 4.79 Å². The lowest BCUT2D eigenvalue weighted by atomic mass is 9.75. The van der Waals surface area contributed by atoms with Crippen LogP contribution in [-0.4, -0.2) is 37.9 Å². The topological polar surface area (TPSA) is 91.0 Å². The molecule has 2 rings (SSSR count). The van der Waals surface area contributed by atoms with Gasteiger partial charge in [0.1, 0.15) is 5.92 Å². The molecule has 1 aliphatic rings. The van der Waals surface area contributed by atoms with E-state index in [1.54, 1.807) is 32.0 Å². The lowest BCUT2D eigenvalue weighted by Crippen LogP contribution is -2.36. The van der Waals surface area contributed by atoms with E-state index in [9.17, 15) is 9.59 Å². The molecule has 0 aliphatic carbocycles. The van der Waals surface area contributed by atoms with Gasteiger partial charge in [-0.1, -0.05) is 48.2 Å². The first-order chi connectivity index (χ1) is 14.3. The molecule has 1 heterocycles. The third-order valence-electron chi connectivity index (χ3n) is 5.15. The highest BCUT2D eigenvalue weighted by atomic mass is 35.5. The molecule has 8 heteroatoms. The number of ether oxygens (including phenoxy) is 2. The molecule has 0 radical (unpaired) electrons. The van der Waals surface area contributed by atoms with Crippen LogP contribution in [0.15, 0.2) is 34.5 Å². The normalized spacial score (nSPS) is 18.8. The lowest BCUT2D eigenvalue weighted by molar-refractivity contribution is -0.144. The third kappa shape index (κ3) is 5.62. The second kappa shape index (κ2) is 11.5. The summed E-state index contributed by atoms with van der Waals surface area (Å²) in [7, 11) is 1.30. The van der Waals surface area contributed by atoms with Crippen LogP contribution < -0.4 is 5.73 Å². The predicted molar refractivity (Wildman–Crippen MR) is 119 cm³/mol. The number of rotatable bonds is 9. The number of nitrogens with two attached hydrogens (primary N) is 1. The molecule has 2 atom stereocenters. The van der Waals surface area contributed by atoms with Gasteiger partial charge in [0, 0.05) is 17.3 Å². The molecule has 1 aromatic carbocycles. The summed E-state index contributed by atoms with van der Waals surface area (Å²) >= 11 is 12.7. The van der Waals surface area contributed by atoms with Crippen LogP contribution in [0.4, 0.5) is 0 Å². The smallest absolute Gasteiger partial charge is 0.336 e. The predicted octanol–water partition coefficient (Wildman–Crippen LogP) is 4.68. The Morgan fingerprint density at radius 2 is 1.83 bits per heavy atom. The van der Waals surface area contributed by atoms with Gasteiger partial charge < -0.3 is 15.2 Å². The van der Waals surface area contributed by atoms with Gasteiger partial charge in [0.25, 0.3) is 0 Å². The number of hydrogen-bond acceptors (Lipinski definition) is 6. The van der Waals surface area contributed by atoms with Crippen molar-refractivity contribution >= 4 is 40.9 Å². The highest BCUT2D eigenvalue weighted by Gasteiger charge is 2.43. The van der Waals surface area contributed by atoms with Gasteiger partial charge in [-0.05, 0) is 44.9 Å². The van der Waals surface area contributed by atoms with Crippen molar-refractivity contribution in [1.82, 2.24) is 0 Å². The van der Waals surface area contributed by atoms with E-state index in [1.165, 1.54) is 7.11 Å². The number of halogens is 2. The monoisotopic (exact) mass is 454 g/mol. The molecule has 1 aliphatic heterocycles. The van der Waals surface area contributed by atoms with E-state index in [-0.39, 0.29) is 11.6 Å². The Morgan fingerprint density at radius 1 is 1.13 bits per heavy atom. The number of benzene rings is 1. The van der Waals surface area contributed by atoms with E-state index in [2.05, 4.69) is 4.99 Å². The molecule has 0 amide bonds. The minimum absolute atomic E-state index is 0.280. The Morgan fingerprint density at radius 3 is 2.50 bits per heavy atom. The number of allylic oxidation sites excluding steroid dienone is 1. The zero-order valence-corrected chi connectivity index (χ0v) is 19.1. The van der Waals surface area contributed by atoms with Gasteiger partial charge in [-0.15, -0.1) is 0 Å². The molecule has 0 bridgehead atoms. The first-order valence-corrected chi connectivity index (χ1v) is 10.7. The number of aliphatic imine (C=N–C) groups is 1. The van der Waals surface area contributed by atoms with Crippen LogP contribution in [0.25, 0.3) is 0 Å². The van der Waals surface area contributed by atoms with Crippen LogP contribution in [0.2, 0.25) is 10.0 Å². The second-order valence-electron chi connectivity index (χ2n) is 7.21. The van der Waals surface area contributed by atoms with Crippen molar-refractivity contribution in [1.29, 1.82) is 0 Å². The second-order valence-corrected chi connectivity index (χ2v) is 8.00. The molecule has 0 aromatic heterocycles. The van der Waals surface area contributed by atoms with E-state index >= 15 is 0 Å². The summed E-state index contributed by atoms with van der Waals surface area (Å²) in [6.07, 6.45) is 3.60. The van der Waals surface area contributed by atoms with Gasteiger partial charge in [-0.3, -0.25) is 9.79 Å². The number of carbonyl (C=O) groups excluding carboxylic acids is 2. The molecule has 164 valence electrons. The molecule has 30 heavy (non-hydrogen) atoms. The Bertz CT molecular complexity index is 852. The summed E-state index contributed by atoms with van der Waals surface area (Å²) in [5.41, 5.74) is 7.38. The molecular formula is C22H28Cl2N2O4. The van der Waals surface area contributed by atoms with Crippen LogP contribution in [0.1, 0.15) is 51.0 Å². The molecule has 0 saturated carbocycles. The number of carbonyl (C=O) groups is 2. The molecule has 0 fully saturated rings. The van der Waals surface area contributed by atoms with Crippen molar-refractivity contribution in [2.75, 3.05) is 20.3 Å². The first-order valence-electron chi connectivity index (χ1n) is 9.98. The van der Waals surface area contributed by atoms with Crippen molar-refractivity contribution in [3.63, 3.8) is 0 Å². The molecule has 0 spiro atoms. The summed E-state index contributed by atoms with van der Waals surface area (Å²) in [5, 5.41) is 0.621. The van der Waals surface area contributed by atoms with Crippen LogP contribution in [0.5, 0.6) is 0 Å². The number of unbranched alkanes of at least 4 members (excludes halogenated alkanes) is 3.